The number of nitrogens with two attached hydrogens (primary N) is 1. The normalized spacial score (nSPS) is 11.2. The van der Waals surface area contributed by atoms with E-state index in [9.17, 15) is 4.79 Å². The molecule has 0 atom stereocenters. The van der Waals surface area contributed by atoms with Gasteiger partial charge in [-0.05, 0) is 39.8 Å². The first-order chi connectivity index (χ1) is 8.28. The maximum Gasteiger partial charge on any atom is 0.222 e. The van der Waals surface area contributed by atoms with Crippen LogP contribution in [0, 0.1) is 6.92 Å². The minimum absolute atomic E-state index is 0.0186. The number of carbonyl (C=O) groups is 1. The number of aryl methyl sites for hydroxylation is 1. The fraction of sp³-hybridized carbons (Fsp3) is 0.500. The second-order valence-electron chi connectivity index (χ2n) is 5.58. The molecule has 0 unspecified atom stereocenters. The molecule has 0 saturated carbocycles. The van der Waals surface area contributed by atoms with Gasteiger partial charge in [0, 0.05) is 18.5 Å². The molecule has 100 valence electrons. The summed E-state index contributed by atoms with van der Waals surface area (Å²) >= 11 is 0. The molecule has 1 rings (SSSR count). The molecule has 3 N–H and O–H groups in total. The molecule has 0 aliphatic rings. The van der Waals surface area contributed by atoms with Gasteiger partial charge in [-0.25, -0.2) is 5.84 Å². The Morgan fingerprint density at radius 1 is 1.28 bits per heavy atom. The van der Waals surface area contributed by atoms with Crippen molar-refractivity contribution in [3.05, 3.63) is 29.8 Å². The Morgan fingerprint density at radius 2 is 1.83 bits per heavy atom. The van der Waals surface area contributed by atoms with Gasteiger partial charge in [-0.2, -0.15) is 0 Å². The zero-order chi connectivity index (χ0) is 13.8. The largest absolute Gasteiger partial charge is 0.351 e. The number of benzene rings is 1. The Labute approximate surface area is 109 Å². The van der Waals surface area contributed by atoms with Gasteiger partial charge in [0.05, 0.1) is 5.69 Å². The van der Waals surface area contributed by atoms with Gasteiger partial charge >= 0.3 is 0 Å². The topological polar surface area (TPSA) is 58.4 Å². The highest BCUT2D eigenvalue weighted by atomic mass is 16.1. The molecule has 1 aromatic carbocycles. The summed E-state index contributed by atoms with van der Waals surface area (Å²) in [5, 5.41) is 4.51. The third-order valence-corrected chi connectivity index (χ3v) is 2.46. The molecule has 0 saturated heterocycles. The maximum absolute atomic E-state index is 11.7. The highest BCUT2D eigenvalue weighted by molar-refractivity contribution is 5.77. The van der Waals surface area contributed by atoms with Gasteiger partial charge < -0.3 is 10.3 Å². The van der Waals surface area contributed by atoms with Crippen LogP contribution >= 0.6 is 0 Å². The fourth-order valence-electron chi connectivity index (χ4n) is 1.57. The van der Waals surface area contributed by atoms with Gasteiger partial charge in [0.1, 0.15) is 0 Å². The molecule has 0 aromatic heterocycles. The summed E-state index contributed by atoms with van der Waals surface area (Å²) in [6, 6.07) is 7.92. The summed E-state index contributed by atoms with van der Waals surface area (Å²) in [6.45, 7) is 8.42. The van der Waals surface area contributed by atoms with E-state index in [2.05, 4.69) is 5.32 Å². The van der Waals surface area contributed by atoms with E-state index in [1.54, 1.807) is 5.01 Å². The zero-order valence-electron chi connectivity index (χ0n) is 11.7. The molecule has 4 nitrogen and oxygen atoms in total. The Hall–Kier alpha value is -1.55. The van der Waals surface area contributed by atoms with Crippen molar-refractivity contribution in [1.82, 2.24) is 5.32 Å². The highest BCUT2D eigenvalue weighted by Gasteiger charge is 2.14. The van der Waals surface area contributed by atoms with Crippen LogP contribution in [0.4, 0.5) is 5.69 Å². The number of carbonyl (C=O) groups excluding carboxylic acids is 1. The first-order valence-electron chi connectivity index (χ1n) is 6.18. The molecule has 0 aliphatic heterocycles. The Morgan fingerprint density at radius 3 is 2.33 bits per heavy atom. The lowest BCUT2D eigenvalue weighted by molar-refractivity contribution is -0.122. The molecule has 0 spiro atoms. The number of amides is 1. The van der Waals surface area contributed by atoms with Crippen LogP contribution in [0.25, 0.3) is 0 Å². The lowest BCUT2D eigenvalue weighted by atomic mass is 10.1. The first-order valence-corrected chi connectivity index (χ1v) is 6.18. The molecule has 0 heterocycles. The van der Waals surface area contributed by atoms with Gasteiger partial charge in [-0.1, -0.05) is 17.7 Å². The van der Waals surface area contributed by atoms with Crippen molar-refractivity contribution in [1.29, 1.82) is 0 Å². The highest BCUT2D eigenvalue weighted by Crippen LogP contribution is 2.12. The van der Waals surface area contributed by atoms with Crippen LogP contribution in [0.2, 0.25) is 0 Å². The summed E-state index contributed by atoms with van der Waals surface area (Å²) in [7, 11) is 0. The summed E-state index contributed by atoms with van der Waals surface area (Å²) in [5.41, 5.74) is 1.92. The lowest BCUT2D eigenvalue weighted by Gasteiger charge is -2.22. The SMILES string of the molecule is Cc1ccc(N(N)CCC(=O)NC(C)(C)C)cc1. The van der Waals surface area contributed by atoms with Crippen molar-refractivity contribution in [3.8, 4) is 0 Å². The van der Waals surface area contributed by atoms with E-state index in [4.69, 9.17) is 5.84 Å². The average Bonchev–Trinajstić information content (AvgIpc) is 2.24. The number of anilines is 1. The van der Waals surface area contributed by atoms with E-state index >= 15 is 0 Å². The number of rotatable bonds is 4. The molecule has 0 fully saturated rings. The quantitative estimate of drug-likeness (QED) is 0.633. The molecule has 0 bridgehead atoms. The van der Waals surface area contributed by atoms with E-state index in [1.807, 2.05) is 52.0 Å². The van der Waals surface area contributed by atoms with Crippen LogP contribution in [-0.4, -0.2) is 18.0 Å². The minimum Gasteiger partial charge on any atom is -0.351 e. The van der Waals surface area contributed by atoms with Crippen LogP contribution in [0.15, 0.2) is 24.3 Å². The molecule has 0 aliphatic carbocycles. The van der Waals surface area contributed by atoms with Crippen molar-refractivity contribution >= 4 is 11.6 Å². The smallest absolute Gasteiger partial charge is 0.222 e. The second kappa shape index (κ2) is 5.87. The van der Waals surface area contributed by atoms with Crippen molar-refractivity contribution in [2.45, 2.75) is 39.7 Å². The summed E-state index contributed by atoms with van der Waals surface area (Å²) in [6.07, 6.45) is 0.391. The second-order valence-corrected chi connectivity index (χ2v) is 5.58. The standard InChI is InChI=1S/C14H23N3O/c1-11-5-7-12(8-6-11)17(15)10-9-13(18)16-14(2,3)4/h5-8H,9-10,15H2,1-4H3,(H,16,18). The Kier molecular flexibility index (Phi) is 4.73. The maximum atomic E-state index is 11.7. The third kappa shape index (κ3) is 5.19. The van der Waals surface area contributed by atoms with Gasteiger partial charge in [-0.3, -0.25) is 4.79 Å². The number of hydrogen-bond donors (Lipinski definition) is 2. The monoisotopic (exact) mass is 249 g/mol. The summed E-state index contributed by atoms with van der Waals surface area (Å²) in [5.74, 6) is 5.93. The van der Waals surface area contributed by atoms with Crippen LogP contribution in [0.5, 0.6) is 0 Å². The molecule has 1 amide bonds. The van der Waals surface area contributed by atoms with Gasteiger partial charge in [-0.15, -0.1) is 0 Å². The predicted octanol–water partition coefficient (Wildman–Crippen LogP) is 1.98. The van der Waals surface area contributed by atoms with Gasteiger partial charge in [0.15, 0.2) is 0 Å². The van der Waals surface area contributed by atoms with Crippen LogP contribution in [0.3, 0.4) is 0 Å². The number of hydrazine groups is 1. The van der Waals surface area contributed by atoms with E-state index < -0.39 is 0 Å². The van der Waals surface area contributed by atoms with E-state index in [0.717, 1.165) is 5.69 Å². The summed E-state index contributed by atoms with van der Waals surface area (Å²) < 4.78 is 0. The van der Waals surface area contributed by atoms with Crippen LogP contribution in [-0.2, 0) is 4.79 Å². The number of nitrogens with one attached hydrogen (secondary N) is 1. The van der Waals surface area contributed by atoms with Gasteiger partial charge in [0.2, 0.25) is 5.91 Å². The van der Waals surface area contributed by atoms with E-state index in [1.165, 1.54) is 5.56 Å². The van der Waals surface area contributed by atoms with Crippen LogP contribution < -0.4 is 16.2 Å². The lowest BCUT2D eigenvalue weighted by Crippen LogP contribution is -2.43. The molecule has 1 aromatic rings. The average molecular weight is 249 g/mol. The van der Waals surface area contributed by atoms with Crippen molar-refractivity contribution in [2.24, 2.45) is 5.84 Å². The first kappa shape index (κ1) is 14.5. The van der Waals surface area contributed by atoms with Crippen molar-refractivity contribution < 1.29 is 4.79 Å². The summed E-state index contributed by atoms with van der Waals surface area (Å²) in [4.78, 5) is 11.7. The zero-order valence-corrected chi connectivity index (χ0v) is 11.7. The van der Waals surface area contributed by atoms with Crippen molar-refractivity contribution in [3.63, 3.8) is 0 Å². The molecule has 4 heteroatoms. The number of hydrogen-bond acceptors (Lipinski definition) is 3. The van der Waals surface area contributed by atoms with Gasteiger partial charge in [0.25, 0.3) is 0 Å². The Balaban J connectivity index is 2.44. The molecule has 0 radical (unpaired) electrons. The Bertz CT molecular complexity index is 392. The van der Waals surface area contributed by atoms with Crippen LogP contribution in [0.1, 0.15) is 32.8 Å². The van der Waals surface area contributed by atoms with E-state index in [-0.39, 0.29) is 11.4 Å². The molecule has 18 heavy (non-hydrogen) atoms. The third-order valence-electron chi connectivity index (χ3n) is 2.46. The molecular formula is C14H23N3O. The number of nitrogens with zero attached hydrogens (tertiary/aromatic N) is 1. The van der Waals surface area contributed by atoms with E-state index in [0.29, 0.717) is 13.0 Å². The fourth-order valence-corrected chi connectivity index (χ4v) is 1.57. The van der Waals surface area contributed by atoms with Crippen molar-refractivity contribution in [2.75, 3.05) is 11.6 Å². The molecular weight excluding hydrogens is 226 g/mol. The predicted molar refractivity (Wildman–Crippen MR) is 75.2 cm³/mol. The minimum atomic E-state index is -0.194.